The highest BCUT2D eigenvalue weighted by Crippen LogP contribution is 2.23. The number of thioether (sulfide) groups is 1. The van der Waals surface area contributed by atoms with Crippen molar-refractivity contribution in [2.75, 3.05) is 21.7 Å². The zero-order chi connectivity index (χ0) is 20.6. The summed E-state index contributed by atoms with van der Waals surface area (Å²) in [5, 5.41) is 10.3. The van der Waals surface area contributed by atoms with Crippen LogP contribution in [0, 0.1) is 6.92 Å². The van der Waals surface area contributed by atoms with E-state index in [0.717, 1.165) is 16.3 Å². The lowest BCUT2D eigenvalue weighted by Gasteiger charge is -2.12. The highest BCUT2D eigenvalue weighted by atomic mass is 35.5. The van der Waals surface area contributed by atoms with Crippen LogP contribution in [0.1, 0.15) is 5.56 Å². The summed E-state index contributed by atoms with van der Waals surface area (Å²) in [4.78, 5) is 13.1. The maximum absolute atomic E-state index is 12.2. The van der Waals surface area contributed by atoms with Crippen LogP contribution in [0.2, 0.25) is 5.02 Å². The highest BCUT2D eigenvalue weighted by molar-refractivity contribution is 8.00. The van der Waals surface area contributed by atoms with Gasteiger partial charge < -0.3 is 16.0 Å². The lowest BCUT2D eigenvalue weighted by Crippen LogP contribution is -2.19. The monoisotopic (exact) mass is 441 g/mol. The van der Waals surface area contributed by atoms with E-state index in [4.69, 9.17) is 23.8 Å². The van der Waals surface area contributed by atoms with Gasteiger partial charge in [0, 0.05) is 27.0 Å². The minimum absolute atomic E-state index is 0.0906. The zero-order valence-corrected chi connectivity index (χ0v) is 18.1. The molecule has 3 rings (SSSR count). The van der Waals surface area contributed by atoms with Gasteiger partial charge >= 0.3 is 0 Å². The van der Waals surface area contributed by atoms with Crippen molar-refractivity contribution in [3.05, 3.63) is 83.4 Å². The summed E-state index contributed by atoms with van der Waals surface area (Å²) in [6.45, 7) is 2.04. The molecule has 0 aliphatic rings. The molecule has 0 heterocycles. The molecule has 0 aromatic heterocycles. The average Bonchev–Trinajstić information content (AvgIpc) is 2.68. The van der Waals surface area contributed by atoms with E-state index in [0.29, 0.717) is 21.6 Å². The van der Waals surface area contributed by atoms with Crippen LogP contribution in [-0.2, 0) is 4.79 Å². The number of hydrogen-bond acceptors (Lipinski definition) is 3. The number of carbonyl (C=O) groups excluding carboxylic acids is 1. The predicted octanol–water partition coefficient (Wildman–Crippen LogP) is 6.19. The Labute approximate surface area is 185 Å². The first kappa shape index (κ1) is 21.2. The topological polar surface area (TPSA) is 53.2 Å². The zero-order valence-electron chi connectivity index (χ0n) is 15.7. The van der Waals surface area contributed by atoms with Crippen LogP contribution in [0.4, 0.5) is 17.1 Å². The van der Waals surface area contributed by atoms with Crippen LogP contribution in [-0.4, -0.2) is 16.8 Å². The maximum Gasteiger partial charge on any atom is 0.234 e. The number of carbonyl (C=O) groups is 1. The molecule has 0 aliphatic heterocycles. The van der Waals surface area contributed by atoms with Gasteiger partial charge in [0.1, 0.15) is 0 Å². The Hall–Kier alpha value is -2.54. The highest BCUT2D eigenvalue weighted by Gasteiger charge is 2.06. The standard InChI is InChI=1S/C22H20ClN3OS2/c1-15-8-10-17(11-9-15)25-22(28)26-19-6-3-7-20(13-19)29-14-21(27)24-18-5-2-4-16(23)12-18/h2-13H,14H2,1H3,(H,24,27)(H2,25,26,28). The van der Waals surface area contributed by atoms with Crippen molar-refractivity contribution in [2.45, 2.75) is 11.8 Å². The Morgan fingerprint density at radius 1 is 0.897 bits per heavy atom. The second-order valence-electron chi connectivity index (χ2n) is 6.32. The molecule has 29 heavy (non-hydrogen) atoms. The Kier molecular flexibility index (Phi) is 7.52. The molecule has 4 nitrogen and oxygen atoms in total. The second kappa shape index (κ2) is 10.3. The van der Waals surface area contributed by atoms with Crippen molar-refractivity contribution < 1.29 is 4.79 Å². The Bertz CT molecular complexity index is 1010. The van der Waals surface area contributed by atoms with Gasteiger partial charge in [-0.3, -0.25) is 4.79 Å². The second-order valence-corrected chi connectivity index (χ2v) is 8.21. The van der Waals surface area contributed by atoms with E-state index in [1.165, 1.54) is 17.3 Å². The van der Waals surface area contributed by atoms with E-state index >= 15 is 0 Å². The van der Waals surface area contributed by atoms with Crippen molar-refractivity contribution in [3.8, 4) is 0 Å². The third-order valence-corrected chi connectivity index (χ3v) is 5.31. The molecular weight excluding hydrogens is 422 g/mol. The number of aryl methyl sites for hydroxylation is 1. The van der Waals surface area contributed by atoms with Crippen LogP contribution in [0.5, 0.6) is 0 Å². The number of benzene rings is 3. The molecule has 0 spiro atoms. The van der Waals surface area contributed by atoms with Crippen molar-refractivity contribution in [1.82, 2.24) is 0 Å². The smallest absolute Gasteiger partial charge is 0.234 e. The first-order valence-electron chi connectivity index (χ1n) is 8.91. The van der Waals surface area contributed by atoms with Gasteiger partial charge in [-0.05, 0) is 67.7 Å². The molecule has 0 fully saturated rings. The lowest BCUT2D eigenvalue weighted by atomic mass is 10.2. The Balaban J connectivity index is 1.51. The molecule has 3 aromatic carbocycles. The number of anilines is 3. The van der Waals surface area contributed by atoms with E-state index in [2.05, 4.69) is 16.0 Å². The molecule has 3 aromatic rings. The number of hydrogen-bond donors (Lipinski definition) is 3. The normalized spacial score (nSPS) is 10.3. The minimum Gasteiger partial charge on any atom is -0.332 e. The lowest BCUT2D eigenvalue weighted by molar-refractivity contribution is -0.113. The fourth-order valence-electron chi connectivity index (χ4n) is 2.51. The van der Waals surface area contributed by atoms with Gasteiger partial charge in [0.15, 0.2) is 5.11 Å². The van der Waals surface area contributed by atoms with Gasteiger partial charge in [-0.2, -0.15) is 0 Å². The summed E-state index contributed by atoms with van der Waals surface area (Å²) in [6, 6.07) is 22.9. The summed E-state index contributed by atoms with van der Waals surface area (Å²) < 4.78 is 0. The van der Waals surface area contributed by atoms with Gasteiger partial charge in [0.05, 0.1) is 5.75 Å². The fourth-order valence-corrected chi connectivity index (χ4v) is 3.69. The summed E-state index contributed by atoms with van der Waals surface area (Å²) in [5.41, 5.74) is 3.66. The molecule has 3 N–H and O–H groups in total. The van der Waals surface area contributed by atoms with Gasteiger partial charge in [-0.1, -0.05) is 41.4 Å². The van der Waals surface area contributed by atoms with E-state index < -0.39 is 0 Å². The fraction of sp³-hybridized carbons (Fsp3) is 0.0909. The van der Waals surface area contributed by atoms with Gasteiger partial charge in [-0.15, -0.1) is 11.8 Å². The van der Waals surface area contributed by atoms with Crippen LogP contribution < -0.4 is 16.0 Å². The number of amides is 1. The van der Waals surface area contributed by atoms with E-state index in [1.807, 2.05) is 55.5 Å². The number of rotatable bonds is 6. The summed E-state index contributed by atoms with van der Waals surface area (Å²) in [7, 11) is 0. The number of nitrogens with one attached hydrogen (secondary N) is 3. The summed E-state index contributed by atoms with van der Waals surface area (Å²) >= 11 is 12.8. The minimum atomic E-state index is -0.0906. The Morgan fingerprint density at radius 2 is 1.55 bits per heavy atom. The molecule has 0 radical (unpaired) electrons. The maximum atomic E-state index is 12.2. The SMILES string of the molecule is Cc1ccc(NC(=S)Nc2cccc(SCC(=O)Nc3cccc(Cl)c3)c2)cc1. The number of thiocarbonyl (C=S) groups is 1. The number of halogens is 1. The van der Waals surface area contributed by atoms with Crippen LogP contribution in [0.3, 0.4) is 0 Å². The predicted molar refractivity (Wildman–Crippen MR) is 128 cm³/mol. The summed E-state index contributed by atoms with van der Waals surface area (Å²) in [5.74, 6) is 0.203. The molecule has 7 heteroatoms. The van der Waals surface area contributed by atoms with E-state index in [9.17, 15) is 4.79 Å². The van der Waals surface area contributed by atoms with Crippen molar-refractivity contribution >= 4 is 63.7 Å². The molecule has 148 valence electrons. The largest absolute Gasteiger partial charge is 0.332 e. The van der Waals surface area contributed by atoms with Crippen molar-refractivity contribution in [1.29, 1.82) is 0 Å². The molecular formula is C22H20ClN3OS2. The van der Waals surface area contributed by atoms with E-state index in [1.54, 1.807) is 24.3 Å². The quantitative estimate of drug-likeness (QED) is 0.314. The van der Waals surface area contributed by atoms with Crippen LogP contribution in [0.25, 0.3) is 0 Å². The van der Waals surface area contributed by atoms with E-state index in [-0.39, 0.29) is 5.91 Å². The van der Waals surface area contributed by atoms with Crippen molar-refractivity contribution in [3.63, 3.8) is 0 Å². The molecule has 0 atom stereocenters. The first-order chi connectivity index (χ1) is 14.0. The molecule has 1 amide bonds. The Morgan fingerprint density at radius 3 is 2.28 bits per heavy atom. The van der Waals surface area contributed by atoms with Gasteiger partial charge in [-0.25, -0.2) is 0 Å². The van der Waals surface area contributed by atoms with Gasteiger partial charge in [0.25, 0.3) is 0 Å². The van der Waals surface area contributed by atoms with Crippen LogP contribution >= 0.6 is 35.6 Å². The molecule has 0 saturated carbocycles. The van der Waals surface area contributed by atoms with Crippen molar-refractivity contribution in [2.24, 2.45) is 0 Å². The van der Waals surface area contributed by atoms with Crippen LogP contribution in [0.15, 0.2) is 77.7 Å². The summed E-state index contributed by atoms with van der Waals surface area (Å²) in [6.07, 6.45) is 0. The molecule has 0 aliphatic carbocycles. The first-order valence-corrected chi connectivity index (χ1v) is 10.7. The van der Waals surface area contributed by atoms with Gasteiger partial charge in [0.2, 0.25) is 5.91 Å². The third-order valence-electron chi connectivity index (χ3n) is 3.88. The third kappa shape index (κ3) is 7.09. The molecule has 0 unspecified atom stereocenters. The molecule has 0 saturated heterocycles. The molecule has 0 bridgehead atoms. The average molecular weight is 442 g/mol.